The molecule has 2 heterocycles. The maximum absolute atomic E-state index is 12.2. The molecule has 0 spiro atoms. The third-order valence-electron chi connectivity index (χ3n) is 3.59. The Morgan fingerprint density at radius 2 is 1.92 bits per heavy atom. The van der Waals surface area contributed by atoms with Crippen LogP contribution in [-0.2, 0) is 0 Å². The van der Waals surface area contributed by atoms with Gasteiger partial charge in [0.2, 0.25) is 0 Å². The predicted octanol–water partition coefficient (Wildman–Crippen LogP) is 2.12. The number of hydrogen-bond donors (Lipinski definition) is 2. The second-order valence-corrected chi connectivity index (χ2v) is 5.23. The second-order valence-electron chi connectivity index (χ2n) is 5.23. The van der Waals surface area contributed by atoms with E-state index in [1.165, 1.54) is 6.33 Å². The maximum Gasteiger partial charge on any atom is 0.255 e. The third-order valence-corrected chi connectivity index (χ3v) is 3.59. The lowest BCUT2D eigenvalue weighted by molar-refractivity contribution is 0.0952. The van der Waals surface area contributed by atoms with Crippen molar-refractivity contribution in [1.29, 1.82) is 0 Å². The first-order chi connectivity index (χ1) is 12.3. The minimum atomic E-state index is -0.171. The third kappa shape index (κ3) is 4.14. The topological polar surface area (TPSA) is 81.1 Å². The van der Waals surface area contributed by atoms with Crippen molar-refractivity contribution in [2.24, 2.45) is 0 Å². The SMILES string of the molecule is COc1ccccc1C(=O)NCCNc1cc(-n2cccc2)ncn1. The molecule has 128 valence electrons. The summed E-state index contributed by atoms with van der Waals surface area (Å²) in [5, 5.41) is 6.03. The van der Waals surface area contributed by atoms with Gasteiger partial charge in [0.25, 0.3) is 5.91 Å². The Morgan fingerprint density at radius 3 is 2.72 bits per heavy atom. The van der Waals surface area contributed by atoms with Crippen LogP contribution in [0.3, 0.4) is 0 Å². The summed E-state index contributed by atoms with van der Waals surface area (Å²) < 4.78 is 7.09. The van der Waals surface area contributed by atoms with E-state index < -0.39 is 0 Å². The fourth-order valence-corrected chi connectivity index (χ4v) is 2.37. The lowest BCUT2D eigenvalue weighted by Crippen LogP contribution is -2.29. The highest BCUT2D eigenvalue weighted by atomic mass is 16.5. The van der Waals surface area contributed by atoms with Crippen LogP contribution in [0, 0.1) is 0 Å². The molecule has 3 rings (SSSR count). The van der Waals surface area contributed by atoms with Gasteiger partial charge in [-0.1, -0.05) is 12.1 Å². The van der Waals surface area contributed by atoms with Crippen LogP contribution >= 0.6 is 0 Å². The van der Waals surface area contributed by atoms with Gasteiger partial charge in [0.05, 0.1) is 12.7 Å². The molecule has 0 aliphatic heterocycles. The molecule has 0 bridgehead atoms. The Hall–Kier alpha value is -3.35. The molecule has 2 aromatic heterocycles. The molecule has 7 heteroatoms. The predicted molar refractivity (Wildman–Crippen MR) is 95.2 cm³/mol. The number of rotatable bonds is 7. The first kappa shape index (κ1) is 16.5. The molecule has 7 nitrogen and oxygen atoms in total. The van der Waals surface area contributed by atoms with Crippen molar-refractivity contribution >= 4 is 11.7 Å². The minimum absolute atomic E-state index is 0.171. The standard InChI is InChI=1S/C18H19N5O2/c1-25-15-7-3-2-6-14(15)18(24)20-9-8-19-16-12-17(22-13-21-16)23-10-4-5-11-23/h2-7,10-13H,8-9H2,1H3,(H,20,24)(H,19,21,22). The molecule has 0 aliphatic carbocycles. The smallest absolute Gasteiger partial charge is 0.255 e. The number of carbonyl (C=O) groups is 1. The second kappa shape index (κ2) is 7.96. The molecule has 25 heavy (non-hydrogen) atoms. The molecule has 0 unspecified atom stereocenters. The highest BCUT2D eigenvalue weighted by Gasteiger charge is 2.10. The lowest BCUT2D eigenvalue weighted by atomic mass is 10.2. The monoisotopic (exact) mass is 337 g/mol. The van der Waals surface area contributed by atoms with Gasteiger partial charge in [-0.3, -0.25) is 4.79 Å². The number of methoxy groups -OCH3 is 1. The van der Waals surface area contributed by atoms with Crippen molar-refractivity contribution < 1.29 is 9.53 Å². The summed E-state index contributed by atoms with van der Waals surface area (Å²) >= 11 is 0. The summed E-state index contributed by atoms with van der Waals surface area (Å²) in [6.45, 7) is 1.00. The van der Waals surface area contributed by atoms with Gasteiger partial charge in [0, 0.05) is 31.5 Å². The van der Waals surface area contributed by atoms with Gasteiger partial charge in [-0.25, -0.2) is 9.97 Å². The maximum atomic E-state index is 12.2. The largest absolute Gasteiger partial charge is 0.496 e. The summed E-state index contributed by atoms with van der Waals surface area (Å²) in [6.07, 6.45) is 5.34. The van der Waals surface area contributed by atoms with Crippen molar-refractivity contribution in [2.75, 3.05) is 25.5 Å². The van der Waals surface area contributed by atoms with Crippen molar-refractivity contribution in [3.05, 3.63) is 66.7 Å². The Morgan fingerprint density at radius 1 is 1.12 bits per heavy atom. The number of anilines is 1. The van der Waals surface area contributed by atoms with Gasteiger partial charge in [0.15, 0.2) is 0 Å². The summed E-state index contributed by atoms with van der Waals surface area (Å²) in [7, 11) is 1.55. The van der Waals surface area contributed by atoms with E-state index >= 15 is 0 Å². The van der Waals surface area contributed by atoms with Gasteiger partial charge >= 0.3 is 0 Å². The minimum Gasteiger partial charge on any atom is -0.496 e. The number of ether oxygens (including phenoxy) is 1. The average molecular weight is 337 g/mol. The first-order valence-electron chi connectivity index (χ1n) is 7.88. The number of hydrogen-bond acceptors (Lipinski definition) is 5. The van der Waals surface area contributed by atoms with Crippen molar-refractivity contribution in [1.82, 2.24) is 19.9 Å². The first-order valence-corrected chi connectivity index (χ1v) is 7.88. The normalized spacial score (nSPS) is 10.3. The number of carbonyl (C=O) groups excluding carboxylic acids is 1. The van der Waals surface area contributed by atoms with Crippen LogP contribution in [0.1, 0.15) is 10.4 Å². The van der Waals surface area contributed by atoms with Gasteiger partial charge in [-0.2, -0.15) is 0 Å². The molecule has 0 radical (unpaired) electrons. The Kier molecular flexibility index (Phi) is 5.26. The fourth-order valence-electron chi connectivity index (χ4n) is 2.37. The number of aromatic nitrogens is 3. The van der Waals surface area contributed by atoms with E-state index in [4.69, 9.17) is 4.74 Å². The Balaban J connectivity index is 1.52. The van der Waals surface area contributed by atoms with E-state index in [9.17, 15) is 4.79 Å². The highest BCUT2D eigenvalue weighted by molar-refractivity contribution is 5.96. The van der Waals surface area contributed by atoms with E-state index in [2.05, 4.69) is 20.6 Å². The van der Waals surface area contributed by atoms with Gasteiger partial charge in [-0.15, -0.1) is 0 Å². The van der Waals surface area contributed by atoms with Crippen LogP contribution in [0.5, 0.6) is 5.75 Å². The lowest BCUT2D eigenvalue weighted by Gasteiger charge is -2.10. The molecule has 0 saturated carbocycles. The molecule has 0 saturated heterocycles. The van der Waals surface area contributed by atoms with Crippen molar-refractivity contribution in [3.8, 4) is 11.6 Å². The molecule has 2 N–H and O–H groups in total. The van der Waals surface area contributed by atoms with Gasteiger partial charge in [0.1, 0.15) is 23.7 Å². The number of nitrogens with zero attached hydrogens (tertiary/aromatic N) is 3. The molecule has 1 amide bonds. The van der Waals surface area contributed by atoms with Crippen molar-refractivity contribution in [2.45, 2.75) is 0 Å². The molecule has 3 aromatic rings. The zero-order valence-corrected chi connectivity index (χ0v) is 13.8. The molecule has 0 aliphatic rings. The van der Waals surface area contributed by atoms with Gasteiger partial charge in [-0.05, 0) is 24.3 Å². The van der Waals surface area contributed by atoms with E-state index in [-0.39, 0.29) is 5.91 Å². The summed E-state index contributed by atoms with van der Waals surface area (Å²) in [5.41, 5.74) is 0.516. The highest BCUT2D eigenvalue weighted by Crippen LogP contribution is 2.16. The van der Waals surface area contributed by atoms with E-state index in [1.54, 1.807) is 25.3 Å². The fraction of sp³-hybridized carbons (Fsp3) is 0.167. The van der Waals surface area contributed by atoms with Crippen LogP contribution in [0.15, 0.2) is 61.2 Å². The molecule has 0 fully saturated rings. The van der Waals surface area contributed by atoms with Crippen LogP contribution < -0.4 is 15.4 Å². The number of para-hydroxylation sites is 1. The van der Waals surface area contributed by atoms with E-state index in [0.29, 0.717) is 30.2 Å². The van der Waals surface area contributed by atoms with Crippen molar-refractivity contribution in [3.63, 3.8) is 0 Å². The number of benzene rings is 1. The van der Waals surface area contributed by atoms with Gasteiger partial charge < -0.3 is 19.9 Å². The summed E-state index contributed by atoms with van der Waals surface area (Å²) in [4.78, 5) is 20.6. The van der Waals surface area contributed by atoms with Crippen LogP contribution in [0.2, 0.25) is 0 Å². The average Bonchev–Trinajstić information content (AvgIpc) is 3.20. The van der Waals surface area contributed by atoms with Crippen LogP contribution in [-0.4, -0.2) is 40.6 Å². The Labute approximate surface area is 145 Å². The number of amides is 1. The zero-order chi connectivity index (χ0) is 17.5. The number of nitrogens with one attached hydrogen (secondary N) is 2. The quantitative estimate of drug-likeness (QED) is 0.646. The zero-order valence-electron chi connectivity index (χ0n) is 13.8. The van der Waals surface area contributed by atoms with E-state index in [0.717, 1.165) is 5.82 Å². The van der Waals surface area contributed by atoms with Crippen LogP contribution in [0.4, 0.5) is 5.82 Å². The molecule has 1 aromatic carbocycles. The molecular formula is C18H19N5O2. The Bertz CT molecular complexity index is 833. The summed E-state index contributed by atoms with van der Waals surface area (Å²) in [5.74, 6) is 1.86. The molecule has 0 atom stereocenters. The summed E-state index contributed by atoms with van der Waals surface area (Å²) in [6, 6.07) is 12.8. The molecular weight excluding hydrogens is 318 g/mol. The van der Waals surface area contributed by atoms with E-state index in [1.807, 2.05) is 41.2 Å². The van der Waals surface area contributed by atoms with Crippen LogP contribution in [0.25, 0.3) is 5.82 Å².